The summed E-state index contributed by atoms with van der Waals surface area (Å²) in [5.41, 5.74) is 6.84. The molecule has 2 heterocycles. The van der Waals surface area contributed by atoms with Gasteiger partial charge in [0.25, 0.3) is 0 Å². The first kappa shape index (κ1) is 12.6. The lowest BCUT2D eigenvalue weighted by Crippen LogP contribution is -2.53. The molecule has 0 bridgehead atoms. The zero-order valence-electron chi connectivity index (χ0n) is 11.2. The molecular weight excluding hydrogens is 238 g/mol. The lowest BCUT2D eigenvalue weighted by atomic mass is 9.96. The first-order valence-corrected chi connectivity index (χ1v) is 7.21. The van der Waals surface area contributed by atoms with Gasteiger partial charge in [0.15, 0.2) is 0 Å². The molecule has 4 heteroatoms. The first-order chi connectivity index (χ1) is 9.21. The van der Waals surface area contributed by atoms with Gasteiger partial charge in [-0.15, -0.1) is 0 Å². The fourth-order valence-electron chi connectivity index (χ4n) is 3.44. The Morgan fingerprint density at radius 1 is 1.37 bits per heavy atom. The molecule has 3 rings (SSSR count). The van der Waals surface area contributed by atoms with Crippen LogP contribution < -0.4 is 5.73 Å². The van der Waals surface area contributed by atoms with Gasteiger partial charge in [-0.2, -0.15) is 0 Å². The van der Waals surface area contributed by atoms with Gasteiger partial charge in [0, 0.05) is 18.9 Å². The zero-order chi connectivity index (χ0) is 13.3. The molecule has 19 heavy (non-hydrogen) atoms. The molecule has 1 aromatic heterocycles. The second-order valence-corrected chi connectivity index (χ2v) is 5.81. The van der Waals surface area contributed by atoms with Gasteiger partial charge in [-0.05, 0) is 37.3 Å². The standard InChI is InChI=1S/C15H21N3O/c16-15(7-1-2-8-15)14(19)18-10-4-6-13(18)12-5-3-9-17-11-12/h3,5,9,11,13H,1-2,4,6-8,10,16H2. The molecule has 2 aliphatic rings. The van der Waals surface area contributed by atoms with Gasteiger partial charge in [-0.1, -0.05) is 18.9 Å². The highest BCUT2D eigenvalue weighted by atomic mass is 16.2. The van der Waals surface area contributed by atoms with E-state index in [0.717, 1.165) is 50.6 Å². The fraction of sp³-hybridized carbons (Fsp3) is 0.600. The third-order valence-corrected chi connectivity index (χ3v) is 4.50. The average molecular weight is 259 g/mol. The second kappa shape index (κ2) is 4.93. The van der Waals surface area contributed by atoms with Crippen molar-refractivity contribution >= 4 is 5.91 Å². The van der Waals surface area contributed by atoms with Crippen molar-refractivity contribution in [2.45, 2.75) is 50.1 Å². The number of nitrogens with two attached hydrogens (primary N) is 1. The predicted octanol–water partition coefficient (Wildman–Crippen LogP) is 2.02. The van der Waals surface area contributed by atoms with Crippen molar-refractivity contribution in [2.75, 3.05) is 6.54 Å². The molecule has 1 saturated carbocycles. The van der Waals surface area contributed by atoms with Gasteiger partial charge in [0.05, 0.1) is 11.6 Å². The van der Waals surface area contributed by atoms with Gasteiger partial charge in [0.1, 0.15) is 0 Å². The second-order valence-electron chi connectivity index (χ2n) is 5.81. The predicted molar refractivity (Wildman–Crippen MR) is 73.3 cm³/mol. The van der Waals surface area contributed by atoms with E-state index in [1.807, 2.05) is 17.2 Å². The Morgan fingerprint density at radius 2 is 2.16 bits per heavy atom. The molecule has 2 N–H and O–H groups in total. The minimum absolute atomic E-state index is 0.149. The number of hydrogen-bond donors (Lipinski definition) is 1. The van der Waals surface area contributed by atoms with Crippen LogP contribution in [0.15, 0.2) is 24.5 Å². The summed E-state index contributed by atoms with van der Waals surface area (Å²) in [4.78, 5) is 18.9. The molecule has 102 valence electrons. The number of nitrogens with zero attached hydrogens (tertiary/aromatic N) is 2. The third-order valence-electron chi connectivity index (χ3n) is 4.50. The van der Waals surface area contributed by atoms with Crippen LogP contribution in [0.3, 0.4) is 0 Å². The monoisotopic (exact) mass is 259 g/mol. The van der Waals surface area contributed by atoms with Crippen molar-refractivity contribution in [3.63, 3.8) is 0 Å². The van der Waals surface area contributed by atoms with Crippen LogP contribution in [0.25, 0.3) is 0 Å². The van der Waals surface area contributed by atoms with Crippen LogP contribution in [-0.4, -0.2) is 27.9 Å². The normalized spacial score (nSPS) is 25.7. The van der Waals surface area contributed by atoms with E-state index in [4.69, 9.17) is 5.73 Å². The summed E-state index contributed by atoms with van der Waals surface area (Å²) in [6.45, 7) is 0.831. The highest BCUT2D eigenvalue weighted by molar-refractivity contribution is 5.87. The highest BCUT2D eigenvalue weighted by Gasteiger charge is 2.43. The van der Waals surface area contributed by atoms with Crippen LogP contribution in [0.5, 0.6) is 0 Å². The molecule has 0 aromatic carbocycles. The maximum absolute atomic E-state index is 12.7. The lowest BCUT2D eigenvalue weighted by molar-refractivity contribution is -0.137. The molecule has 0 spiro atoms. The van der Waals surface area contributed by atoms with E-state index in [1.165, 1.54) is 0 Å². The van der Waals surface area contributed by atoms with Gasteiger partial charge in [-0.3, -0.25) is 9.78 Å². The molecule has 1 aliphatic heterocycles. The topological polar surface area (TPSA) is 59.2 Å². The van der Waals surface area contributed by atoms with Crippen molar-refractivity contribution in [1.82, 2.24) is 9.88 Å². The largest absolute Gasteiger partial charge is 0.334 e. The van der Waals surface area contributed by atoms with Crippen molar-refractivity contribution in [1.29, 1.82) is 0 Å². The molecular formula is C15H21N3O. The number of rotatable bonds is 2. The Hall–Kier alpha value is -1.42. The Balaban J connectivity index is 1.82. The van der Waals surface area contributed by atoms with Crippen LogP contribution in [-0.2, 0) is 4.79 Å². The van der Waals surface area contributed by atoms with Crippen LogP contribution in [0.2, 0.25) is 0 Å². The number of likely N-dealkylation sites (tertiary alicyclic amines) is 1. The summed E-state index contributed by atoms with van der Waals surface area (Å²) in [7, 11) is 0. The molecule has 1 amide bonds. The molecule has 1 atom stereocenters. The molecule has 4 nitrogen and oxygen atoms in total. The van der Waals surface area contributed by atoms with Crippen molar-refractivity contribution < 1.29 is 4.79 Å². The number of hydrogen-bond acceptors (Lipinski definition) is 3. The van der Waals surface area contributed by atoms with E-state index in [9.17, 15) is 4.79 Å². The van der Waals surface area contributed by atoms with Crippen molar-refractivity contribution in [3.05, 3.63) is 30.1 Å². The number of aromatic nitrogens is 1. The molecule has 1 aromatic rings. The Kier molecular flexibility index (Phi) is 3.27. The van der Waals surface area contributed by atoms with Crippen molar-refractivity contribution in [2.24, 2.45) is 5.73 Å². The van der Waals surface area contributed by atoms with Gasteiger partial charge in [0.2, 0.25) is 5.91 Å². The van der Waals surface area contributed by atoms with Gasteiger partial charge < -0.3 is 10.6 Å². The number of amides is 1. The Bertz CT molecular complexity index is 454. The quantitative estimate of drug-likeness (QED) is 0.884. The van der Waals surface area contributed by atoms with E-state index in [0.29, 0.717) is 0 Å². The fourth-order valence-corrected chi connectivity index (χ4v) is 3.44. The summed E-state index contributed by atoms with van der Waals surface area (Å²) >= 11 is 0. The first-order valence-electron chi connectivity index (χ1n) is 7.21. The summed E-state index contributed by atoms with van der Waals surface area (Å²) in [5.74, 6) is 0.149. The molecule has 0 radical (unpaired) electrons. The summed E-state index contributed by atoms with van der Waals surface area (Å²) in [6, 6.07) is 4.16. The Labute approximate surface area is 114 Å². The number of pyridine rings is 1. The minimum Gasteiger partial charge on any atom is -0.334 e. The SMILES string of the molecule is NC1(C(=O)N2CCCC2c2cccnc2)CCCC1. The van der Waals surface area contributed by atoms with E-state index in [2.05, 4.69) is 11.1 Å². The smallest absolute Gasteiger partial charge is 0.243 e. The van der Waals surface area contributed by atoms with Crippen molar-refractivity contribution in [3.8, 4) is 0 Å². The van der Waals surface area contributed by atoms with Gasteiger partial charge in [-0.25, -0.2) is 0 Å². The maximum Gasteiger partial charge on any atom is 0.243 e. The molecule has 1 unspecified atom stereocenters. The number of carbonyl (C=O) groups is 1. The Morgan fingerprint density at radius 3 is 2.84 bits per heavy atom. The van der Waals surface area contributed by atoms with Crippen LogP contribution >= 0.6 is 0 Å². The van der Waals surface area contributed by atoms with Crippen LogP contribution in [0, 0.1) is 0 Å². The molecule has 2 fully saturated rings. The summed E-state index contributed by atoms with van der Waals surface area (Å²) < 4.78 is 0. The average Bonchev–Trinajstić information content (AvgIpc) is 3.08. The lowest BCUT2D eigenvalue weighted by Gasteiger charge is -2.32. The van der Waals surface area contributed by atoms with Crippen LogP contribution in [0.1, 0.15) is 50.1 Å². The highest BCUT2D eigenvalue weighted by Crippen LogP contribution is 2.36. The summed E-state index contributed by atoms with van der Waals surface area (Å²) in [6.07, 6.45) is 9.54. The zero-order valence-corrected chi connectivity index (χ0v) is 11.2. The van der Waals surface area contributed by atoms with Crippen LogP contribution in [0.4, 0.5) is 0 Å². The minimum atomic E-state index is -0.606. The molecule has 1 saturated heterocycles. The summed E-state index contributed by atoms with van der Waals surface area (Å²) in [5, 5.41) is 0. The number of carbonyl (C=O) groups excluding carboxylic acids is 1. The van der Waals surface area contributed by atoms with E-state index in [-0.39, 0.29) is 11.9 Å². The maximum atomic E-state index is 12.7. The van der Waals surface area contributed by atoms with E-state index in [1.54, 1.807) is 6.20 Å². The third kappa shape index (κ3) is 2.25. The van der Waals surface area contributed by atoms with E-state index >= 15 is 0 Å². The van der Waals surface area contributed by atoms with E-state index < -0.39 is 5.54 Å². The van der Waals surface area contributed by atoms with Gasteiger partial charge >= 0.3 is 0 Å². The molecule has 1 aliphatic carbocycles.